The number of Topliss-reactive ketones (excluding diaryl/α,β-unsaturated/α-hetero) is 1. The van der Waals surface area contributed by atoms with Crippen LogP contribution in [0.3, 0.4) is 0 Å². The third-order valence-electron chi connectivity index (χ3n) is 2.55. The predicted molar refractivity (Wildman–Crippen MR) is 77.0 cm³/mol. The highest BCUT2D eigenvalue weighted by Gasteiger charge is 2.07. The van der Waals surface area contributed by atoms with Crippen molar-refractivity contribution < 1.29 is 14.7 Å². The molecule has 5 heteroatoms. The van der Waals surface area contributed by atoms with Gasteiger partial charge in [-0.05, 0) is 24.3 Å². The monoisotopic (exact) mass is 281 g/mol. The average molecular weight is 281 g/mol. The third kappa shape index (κ3) is 6.29. The second-order valence-electron chi connectivity index (χ2n) is 4.13. The Labute approximate surface area is 117 Å². The maximum atomic E-state index is 11.9. The Morgan fingerprint density at radius 1 is 1.37 bits per heavy atom. The number of rotatable bonds is 8. The van der Waals surface area contributed by atoms with Gasteiger partial charge in [0.1, 0.15) is 0 Å². The number of amides is 1. The van der Waals surface area contributed by atoms with Gasteiger partial charge in [-0.25, -0.2) is 4.79 Å². The van der Waals surface area contributed by atoms with Crippen molar-refractivity contribution in [3.05, 3.63) is 29.8 Å². The van der Waals surface area contributed by atoms with Crippen LogP contribution in [0.25, 0.3) is 0 Å². The van der Waals surface area contributed by atoms with Crippen molar-refractivity contribution in [2.75, 3.05) is 12.3 Å². The number of benzene rings is 1. The molecule has 0 saturated heterocycles. The van der Waals surface area contributed by atoms with E-state index >= 15 is 0 Å². The summed E-state index contributed by atoms with van der Waals surface area (Å²) in [5, 5.41) is 10.6. The summed E-state index contributed by atoms with van der Waals surface area (Å²) in [6.07, 6.45) is 1.41. The number of unbranched alkanes of at least 4 members (excludes halogenated alkanes) is 1. The number of ketones is 1. The van der Waals surface area contributed by atoms with E-state index in [1.54, 1.807) is 17.8 Å². The Hall–Kier alpha value is -1.49. The van der Waals surface area contributed by atoms with Gasteiger partial charge >= 0.3 is 6.09 Å². The normalized spacial score (nSPS) is 10.2. The Morgan fingerprint density at radius 3 is 2.84 bits per heavy atom. The van der Waals surface area contributed by atoms with Gasteiger partial charge < -0.3 is 10.4 Å². The Bertz CT molecular complexity index is 434. The van der Waals surface area contributed by atoms with E-state index in [0.717, 1.165) is 23.5 Å². The van der Waals surface area contributed by atoms with E-state index in [4.69, 9.17) is 5.11 Å². The summed E-state index contributed by atoms with van der Waals surface area (Å²) in [6, 6.07) is 7.51. The Morgan fingerprint density at radius 2 is 2.16 bits per heavy atom. The molecule has 0 bridgehead atoms. The molecule has 0 aromatic heterocycles. The first-order chi connectivity index (χ1) is 9.13. The molecule has 2 N–H and O–H groups in total. The highest BCUT2D eigenvalue weighted by molar-refractivity contribution is 7.99. The van der Waals surface area contributed by atoms with Gasteiger partial charge in [-0.2, -0.15) is 0 Å². The van der Waals surface area contributed by atoms with Gasteiger partial charge in [0.15, 0.2) is 5.78 Å². The quantitative estimate of drug-likeness (QED) is 0.435. The van der Waals surface area contributed by atoms with Gasteiger partial charge in [-0.3, -0.25) is 4.79 Å². The van der Waals surface area contributed by atoms with Crippen LogP contribution in [0.15, 0.2) is 29.2 Å². The number of carboxylic acid groups (broad SMARTS) is 1. The Kier molecular flexibility index (Phi) is 7.03. The molecule has 1 aromatic carbocycles. The van der Waals surface area contributed by atoms with Crippen LogP contribution in [-0.2, 0) is 0 Å². The van der Waals surface area contributed by atoms with E-state index in [9.17, 15) is 9.59 Å². The second kappa shape index (κ2) is 8.58. The van der Waals surface area contributed by atoms with Crippen molar-refractivity contribution in [3.8, 4) is 0 Å². The summed E-state index contributed by atoms with van der Waals surface area (Å²) in [5.41, 5.74) is 0.647. The molecule has 104 valence electrons. The first kappa shape index (κ1) is 15.6. The maximum absolute atomic E-state index is 11.9. The van der Waals surface area contributed by atoms with Crippen molar-refractivity contribution in [2.24, 2.45) is 0 Å². The van der Waals surface area contributed by atoms with Crippen molar-refractivity contribution in [1.82, 2.24) is 5.32 Å². The molecule has 0 unspecified atom stereocenters. The molecule has 0 atom stereocenters. The van der Waals surface area contributed by atoms with Crippen molar-refractivity contribution in [2.45, 2.75) is 31.1 Å². The van der Waals surface area contributed by atoms with Crippen LogP contribution in [-0.4, -0.2) is 29.3 Å². The minimum absolute atomic E-state index is 0.0355. The van der Waals surface area contributed by atoms with E-state index in [-0.39, 0.29) is 18.7 Å². The van der Waals surface area contributed by atoms with Gasteiger partial charge in [-0.15, -0.1) is 11.8 Å². The molecule has 1 amide bonds. The lowest BCUT2D eigenvalue weighted by Crippen LogP contribution is -2.23. The molecule has 0 aliphatic heterocycles. The highest BCUT2D eigenvalue weighted by Crippen LogP contribution is 2.21. The van der Waals surface area contributed by atoms with Crippen LogP contribution in [0, 0.1) is 0 Å². The molecule has 0 aliphatic rings. The fourth-order valence-electron chi connectivity index (χ4n) is 1.52. The zero-order valence-electron chi connectivity index (χ0n) is 11.0. The van der Waals surface area contributed by atoms with Crippen LogP contribution in [0.1, 0.15) is 36.5 Å². The lowest BCUT2D eigenvalue weighted by atomic mass is 10.1. The topological polar surface area (TPSA) is 66.4 Å². The highest BCUT2D eigenvalue weighted by atomic mass is 32.2. The Balaban J connectivity index is 2.50. The van der Waals surface area contributed by atoms with E-state index in [2.05, 4.69) is 12.2 Å². The first-order valence-electron chi connectivity index (χ1n) is 6.36. The van der Waals surface area contributed by atoms with Crippen LogP contribution in [0.5, 0.6) is 0 Å². The van der Waals surface area contributed by atoms with Gasteiger partial charge in [0.25, 0.3) is 0 Å². The number of carbonyl (C=O) groups excluding carboxylic acids is 1. The van der Waals surface area contributed by atoms with Gasteiger partial charge in [0, 0.05) is 23.4 Å². The summed E-state index contributed by atoms with van der Waals surface area (Å²) in [5.74, 6) is 1.01. The molecule has 0 fully saturated rings. The third-order valence-corrected chi connectivity index (χ3v) is 3.63. The first-order valence-corrected chi connectivity index (χ1v) is 7.35. The largest absolute Gasteiger partial charge is 0.465 e. The molecule has 1 rings (SSSR count). The smallest absolute Gasteiger partial charge is 0.404 e. The number of thioether (sulfide) groups is 1. The molecule has 1 aromatic rings. The summed E-state index contributed by atoms with van der Waals surface area (Å²) in [4.78, 5) is 23.2. The van der Waals surface area contributed by atoms with Crippen molar-refractivity contribution >= 4 is 23.6 Å². The van der Waals surface area contributed by atoms with Crippen LogP contribution < -0.4 is 5.32 Å². The minimum atomic E-state index is -1.10. The van der Waals surface area contributed by atoms with Crippen molar-refractivity contribution in [3.63, 3.8) is 0 Å². The molecule has 0 spiro atoms. The predicted octanol–water partition coefficient (Wildman–Crippen LogP) is 3.42. The number of nitrogens with one attached hydrogen (secondary N) is 1. The van der Waals surface area contributed by atoms with Gasteiger partial charge in [0.05, 0.1) is 0 Å². The fourth-order valence-corrected chi connectivity index (χ4v) is 2.57. The summed E-state index contributed by atoms with van der Waals surface area (Å²) in [7, 11) is 0. The molecular weight excluding hydrogens is 262 g/mol. The molecular formula is C14H19NO3S. The number of carbonyl (C=O) groups is 2. The minimum Gasteiger partial charge on any atom is -0.465 e. The second-order valence-corrected chi connectivity index (χ2v) is 5.30. The number of hydrogen-bond donors (Lipinski definition) is 2. The van der Waals surface area contributed by atoms with Gasteiger partial charge in [-0.1, -0.05) is 25.5 Å². The molecule has 19 heavy (non-hydrogen) atoms. The summed E-state index contributed by atoms with van der Waals surface area (Å²) in [6.45, 7) is 2.30. The van der Waals surface area contributed by atoms with Crippen LogP contribution in [0.4, 0.5) is 4.79 Å². The molecule has 0 aliphatic carbocycles. The zero-order chi connectivity index (χ0) is 14.1. The van der Waals surface area contributed by atoms with Gasteiger partial charge in [0.2, 0.25) is 0 Å². The van der Waals surface area contributed by atoms with Crippen LogP contribution >= 0.6 is 11.8 Å². The molecule has 0 heterocycles. The standard InChI is InChI=1S/C14H19NO3S/c1-2-3-9-19-12-6-4-5-11(10-12)13(16)7-8-15-14(17)18/h4-6,10,15H,2-3,7-9H2,1H3,(H,17,18). The lowest BCUT2D eigenvalue weighted by molar-refractivity contribution is 0.0982. The molecule has 4 nitrogen and oxygen atoms in total. The lowest BCUT2D eigenvalue weighted by Gasteiger charge is -2.05. The zero-order valence-corrected chi connectivity index (χ0v) is 11.8. The molecule has 0 saturated carbocycles. The SMILES string of the molecule is CCCCSc1cccc(C(=O)CCNC(=O)O)c1. The number of hydrogen-bond acceptors (Lipinski definition) is 3. The van der Waals surface area contributed by atoms with Crippen LogP contribution in [0.2, 0.25) is 0 Å². The van der Waals surface area contributed by atoms with E-state index < -0.39 is 6.09 Å². The van der Waals surface area contributed by atoms with E-state index in [1.165, 1.54) is 0 Å². The maximum Gasteiger partial charge on any atom is 0.404 e. The van der Waals surface area contributed by atoms with E-state index in [0.29, 0.717) is 5.56 Å². The molecule has 0 radical (unpaired) electrons. The summed E-state index contributed by atoms with van der Waals surface area (Å²) < 4.78 is 0. The summed E-state index contributed by atoms with van der Waals surface area (Å²) >= 11 is 1.74. The van der Waals surface area contributed by atoms with E-state index in [1.807, 2.05) is 18.2 Å². The average Bonchev–Trinajstić information content (AvgIpc) is 2.39. The van der Waals surface area contributed by atoms with Crippen molar-refractivity contribution in [1.29, 1.82) is 0 Å². The fraction of sp³-hybridized carbons (Fsp3) is 0.429.